The Bertz CT molecular complexity index is 2920. The second-order valence-electron chi connectivity index (χ2n) is 13.3. The number of hydrogen-bond acceptors (Lipinski definition) is 2. The van der Waals surface area contributed by atoms with Crippen LogP contribution in [0.1, 0.15) is 0 Å². The summed E-state index contributed by atoms with van der Waals surface area (Å²) in [7, 11) is 0. The highest BCUT2D eigenvalue weighted by atomic mass is 16.3. The molecule has 1 aromatic heterocycles. The van der Waals surface area contributed by atoms with E-state index < -0.39 is 0 Å². The van der Waals surface area contributed by atoms with Crippen LogP contribution in [0.5, 0.6) is 0 Å². The van der Waals surface area contributed by atoms with Crippen LogP contribution in [0.25, 0.3) is 76.9 Å². The van der Waals surface area contributed by atoms with E-state index >= 15 is 0 Å². The van der Waals surface area contributed by atoms with Crippen LogP contribution in [-0.4, -0.2) is 0 Å². The number of anilines is 3. The van der Waals surface area contributed by atoms with E-state index in [1.807, 2.05) is 12.1 Å². The Hall–Kier alpha value is -6.90. The van der Waals surface area contributed by atoms with E-state index in [-0.39, 0.29) is 0 Å². The van der Waals surface area contributed by atoms with Crippen LogP contribution in [0, 0.1) is 0 Å². The highest BCUT2D eigenvalue weighted by Gasteiger charge is 2.21. The highest BCUT2D eigenvalue weighted by molar-refractivity contribution is 6.10. The Morgan fingerprint density at radius 3 is 1.67 bits per heavy atom. The first-order valence-corrected chi connectivity index (χ1v) is 17.8. The monoisotopic (exact) mass is 663 g/mol. The molecule has 0 aliphatic heterocycles. The summed E-state index contributed by atoms with van der Waals surface area (Å²) in [6, 6.07) is 71.8. The van der Waals surface area contributed by atoms with Gasteiger partial charge in [0.05, 0.1) is 5.69 Å². The van der Waals surface area contributed by atoms with E-state index in [1.165, 1.54) is 49.4 Å². The zero-order valence-corrected chi connectivity index (χ0v) is 28.4. The smallest absolute Gasteiger partial charge is 0.135 e. The molecule has 2 heteroatoms. The molecule has 10 rings (SSSR count). The second-order valence-corrected chi connectivity index (χ2v) is 13.3. The molecular weight excluding hydrogens is 631 g/mol. The maximum Gasteiger partial charge on any atom is 0.135 e. The number of hydrogen-bond donors (Lipinski definition) is 0. The van der Waals surface area contributed by atoms with Crippen LogP contribution < -0.4 is 4.90 Å². The molecule has 1 heterocycles. The predicted octanol–water partition coefficient (Wildman–Crippen LogP) is 14.4. The standard InChI is InChI=1S/C50H33NO/c1-2-14-34(15-3-1)40-18-6-7-19-42(40)43-20-8-9-21-44(43)45-22-10-12-24-48(45)51(38-29-31-50-47(33-38)46-23-11-13-25-49(46)52-50)37-28-30-41-36(32-37)27-26-35-16-4-5-17-39(35)41/h1-33H. The van der Waals surface area contributed by atoms with Crippen molar-refractivity contribution >= 4 is 60.5 Å². The largest absolute Gasteiger partial charge is 0.456 e. The van der Waals surface area contributed by atoms with Crippen molar-refractivity contribution in [3.05, 3.63) is 200 Å². The van der Waals surface area contributed by atoms with Crippen LogP contribution in [-0.2, 0) is 0 Å². The number of para-hydroxylation sites is 2. The van der Waals surface area contributed by atoms with Crippen molar-refractivity contribution in [3.8, 4) is 33.4 Å². The normalized spacial score (nSPS) is 11.5. The van der Waals surface area contributed by atoms with E-state index in [9.17, 15) is 0 Å². The van der Waals surface area contributed by atoms with Gasteiger partial charge in [-0.05, 0) is 91.8 Å². The van der Waals surface area contributed by atoms with Gasteiger partial charge in [0, 0.05) is 27.7 Å². The molecule has 0 radical (unpaired) electrons. The van der Waals surface area contributed by atoms with Gasteiger partial charge in [-0.3, -0.25) is 0 Å². The van der Waals surface area contributed by atoms with Gasteiger partial charge in [0.15, 0.2) is 0 Å². The fraction of sp³-hybridized carbons (Fsp3) is 0. The van der Waals surface area contributed by atoms with Gasteiger partial charge in [0.25, 0.3) is 0 Å². The molecule has 0 atom stereocenters. The summed E-state index contributed by atoms with van der Waals surface area (Å²) < 4.78 is 6.28. The van der Waals surface area contributed by atoms with Gasteiger partial charge < -0.3 is 9.32 Å². The Labute approximate surface area is 302 Å². The van der Waals surface area contributed by atoms with Crippen molar-refractivity contribution in [2.45, 2.75) is 0 Å². The summed E-state index contributed by atoms with van der Waals surface area (Å²) in [6.45, 7) is 0. The van der Waals surface area contributed by atoms with Crippen molar-refractivity contribution in [2.24, 2.45) is 0 Å². The summed E-state index contributed by atoms with van der Waals surface area (Å²) in [4.78, 5) is 2.41. The lowest BCUT2D eigenvalue weighted by Crippen LogP contribution is -2.11. The quantitative estimate of drug-likeness (QED) is 0.165. The van der Waals surface area contributed by atoms with Gasteiger partial charge in [-0.25, -0.2) is 0 Å². The average molecular weight is 664 g/mol. The molecule has 0 N–H and O–H groups in total. The first kappa shape index (κ1) is 30.0. The maximum atomic E-state index is 6.28. The van der Waals surface area contributed by atoms with Crippen LogP contribution in [0.4, 0.5) is 17.1 Å². The summed E-state index contributed by atoms with van der Waals surface area (Å²) >= 11 is 0. The number of benzene rings is 9. The Morgan fingerprint density at radius 1 is 0.308 bits per heavy atom. The summed E-state index contributed by atoms with van der Waals surface area (Å²) in [5.41, 5.74) is 12.2. The van der Waals surface area contributed by atoms with E-state index in [1.54, 1.807) is 0 Å². The molecule has 2 nitrogen and oxygen atoms in total. The van der Waals surface area contributed by atoms with Gasteiger partial charge in [-0.1, -0.05) is 158 Å². The topological polar surface area (TPSA) is 16.4 Å². The van der Waals surface area contributed by atoms with Crippen molar-refractivity contribution < 1.29 is 4.42 Å². The van der Waals surface area contributed by atoms with Crippen molar-refractivity contribution in [1.29, 1.82) is 0 Å². The number of rotatable bonds is 6. The Kier molecular flexibility index (Phi) is 7.18. The van der Waals surface area contributed by atoms with E-state index in [0.29, 0.717) is 0 Å². The minimum absolute atomic E-state index is 0.881. The summed E-state index contributed by atoms with van der Waals surface area (Å²) in [5.74, 6) is 0. The number of furan rings is 1. The first-order chi connectivity index (χ1) is 25.8. The van der Waals surface area contributed by atoms with E-state index in [2.05, 4.69) is 193 Å². The van der Waals surface area contributed by atoms with Gasteiger partial charge in [-0.2, -0.15) is 0 Å². The van der Waals surface area contributed by atoms with Crippen molar-refractivity contribution in [3.63, 3.8) is 0 Å². The number of fused-ring (bicyclic) bond motifs is 6. The third-order valence-electron chi connectivity index (χ3n) is 10.3. The molecule has 52 heavy (non-hydrogen) atoms. The molecule has 0 saturated heterocycles. The molecule has 0 aliphatic rings. The molecular formula is C50H33NO. The Morgan fingerprint density at radius 2 is 0.846 bits per heavy atom. The molecule has 0 amide bonds. The Balaban J connectivity index is 1.21. The van der Waals surface area contributed by atoms with Crippen LogP contribution in [0.3, 0.4) is 0 Å². The number of nitrogens with zero attached hydrogens (tertiary/aromatic N) is 1. The predicted molar refractivity (Wildman–Crippen MR) is 220 cm³/mol. The highest BCUT2D eigenvalue weighted by Crippen LogP contribution is 2.46. The second kappa shape index (κ2) is 12.5. The van der Waals surface area contributed by atoms with Gasteiger partial charge in [0.2, 0.25) is 0 Å². The minimum Gasteiger partial charge on any atom is -0.456 e. The van der Waals surface area contributed by atoms with Crippen LogP contribution in [0.2, 0.25) is 0 Å². The maximum absolute atomic E-state index is 6.28. The third kappa shape index (κ3) is 5.04. The fourth-order valence-corrected chi connectivity index (χ4v) is 7.86. The SMILES string of the molecule is c1ccc(-c2ccccc2-c2ccccc2-c2ccccc2N(c2ccc3c(ccc4ccccc43)c2)c2ccc3oc4ccccc4c3c2)cc1. The molecule has 10 aromatic rings. The molecule has 0 fully saturated rings. The lowest BCUT2D eigenvalue weighted by atomic mass is 9.88. The van der Waals surface area contributed by atoms with Crippen molar-refractivity contribution in [1.82, 2.24) is 0 Å². The summed E-state index contributed by atoms with van der Waals surface area (Å²) in [6.07, 6.45) is 0. The molecule has 0 unspecified atom stereocenters. The van der Waals surface area contributed by atoms with Crippen LogP contribution >= 0.6 is 0 Å². The van der Waals surface area contributed by atoms with Gasteiger partial charge >= 0.3 is 0 Å². The zero-order chi connectivity index (χ0) is 34.4. The third-order valence-corrected chi connectivity index (χ3v) is 10.3. The van der Waals surface area contributed by atoms with Crippen LogP contribution in [0.15, 0.2) is 205 Å². The fourth-order valence-electron chi connectivity index (χ4n) is 7.86. The lowest BCUT2D eigenvalue weighted by molar-refractivity contribution is 0.669. The molecule has 244 valence electrons. The molecule has 0 bridgehead atoms. The van der Waals surface area contributed by atoms with Gasteiger partial charge in [-0.15, -0.1) is 0 Å². The van der Waals surface area contributed by atoms with Gasteiger partial charge in [0.1, 0.15) is 11.2 Å². The molecule has 0 spiro atoms. The molecule has 0 aliphatic carbocycles. The summed E-state index contributed by atoms with van der Waals surface area (Å²) in [5, 5.41) is 7.16. The first-order valence-electron chi connectivity index (χ1n) is 17.8. The van der Waals surface area contributed by atoms with E-state index in [0.717, 1.165) is 44.6 Å². The average Bonchev–Trinajstić information content (AvgIpc) is 3.59. The molecule has 0 saturated carbocycles. The molecule has 9 aromatic carbocycles. The lowest BCUT2D eigenvalue weighted by Gasteiger charge is -2.29. The van der Waals surface area contributed by atoms with Crippen molar-refractivity contribution in [2.75, 3.05) is 4.90 Å². The minimum atomic E-state index is 0.881. The zero-order valence-electron chi connectivity index (χ0n) is 28.4. The van der Waals surface area contributed by atoms with E-state index in [4.69, 9.17) is 4.42 Å².